The van der Waals surface area contributed by atoms with Crippen LogP contribution in [0.15, 0.2) is 54.6 Å². The first-order valence-electron chi connectivity index (χ1n) is 7.36. The lowest BCUT2D eigenvalue weighted by Gasteiger charge is -2.16. The highest BCUT2D eigenvalue weighted by Crippen LogP contribution is 2.19. The smallest absolute Gasteiger partial charge is 0.407 e. The van der Waals surface area contributed by atoms with Crippen LogP contribution in [0.5, 0.6) is 0 Å². The third kappa shape index (κ3) is 4.78. The van der Waals surface area contributed by atoms with Gasteiger partial charge in [-0.2, -0.15) is 0 Å². The van der Waals surface area contributed by atoms with Gasteiger partial charge in [-0.1, -0.05) is 54.6 Å². The minimum atomic E-state index is -0.422. The first kappa shape index (κ1) is 16.4. The summed E-state index contributed by atoms with van der Waals surface area (Å²) in [5.74, 6) is 0.346. The van der Waals surface area contributed by atoms with Gasteiger partial charge < -0.3 is 10.1 Å². The number of carbonyl (C=O) groups excluding carboxylic acids is 1. The second kappa shape index (κ2) is 8.44. The summed E-state index contributed by atoms with van der Waals surface area (Å²) in [6.45, 7) is 2.13. The summed E-state index contributed by atoms with van der Waals surface area (Å²) in [6.07, 6.45) is 0.256. The van der Waals surface area contributed by atoms with Crippen molar-refractivity contribution < 1.29 is 9.53 Å². The number of hydrogen-bond donors (Lipinski definition) is 1. The number of amides is 1. The molecule has 0 saturated heterocycles. The molecular weight excluding hydrogens is 298 g/mol. The molecule has 0 aliphatic heterocycles. The fourth-order valence-corrected chi connectivity index (χ4v) is 2.42. The second-order valence-corrected chi connectivity index (χ2v) is 5.29. The number of benzene rings is 2. The van der Waals surface area contributed by atoms with Gasteiger partial charge in [-0.15, -0.1) is 11.6 Å². The van der Waals surface area contributed by atoms with E-state index in [0.29, 0.717) is 18.9 Å². The SMILES string of the molecule is CCOC(=O)N[C@H](CCl)Cc1ccc(-c2ccccc2)cc1. The molecule has 0 unspecified atom stereocenters. The fraction of sp³-hybridized carbons (Fsp3) is 0.278. The Labute approximate surface area is 136 Å². The van der Waals surface area contributed by atoms with E-state index in [2.05, 4.69) is 41.7 Å². The van der Waals surface area contributed by atoms with Crippen LogP contribution in [0.1, 0.15) is 12.5 Å². The van der Waals surface area contributed by atoms with Gasteiger partial charge in [0.25, 0.3) is 0 Å². The van der Waals surface area contributed by atoms with Crippen molar-refractivity contribution in [1.82, 2.24) is 5.32 Å². The maximum absolute atomic E-state index is 11.4. The Kier molecular flexibility index (Phi) is 6.28. The number of nitrogens with one attached hydrogen (secondary N) is 1. The average Bonchev–Trinajstić information content (AvgIpc) is 2.56. The summed E-state index contributed by atoms with van der Waals surface area (Å²) in [5.41, 5.74) is 3.49. The van der Waals surface area contributed by atoms with Gasteiger partial charge in [-0.3, -0.25) is 0 Å². The molecule has 0 aromatic heterocycles. The Morgan fingerprint density at radius 2 is 1.73 bits per heavy atom. The molecule has 3 nitrogen and oxygen atoms in total. The highest BCUT2D eigenvalue weighted by molar-refractivity contribution is 6.18. The molecule has 0 radical (unpaired) electrons. The van der Waals surface area contributed by atoms with Crippen molar-refractivity contribution in [2.24, 2.45) is 0 Å². The van der Waals surface area contributed by atoms with Crippen LogP contribution >= 0.6 is 11.6 Å². The molecule has 22 heavy (non-hydrogen) atoms. The lowest BCUT2D eigenvalue weighted by Crippen LogP contribution is -2.38. The summed E-state index contributed by atoms with van der Waals surface area (Å²) in [7, 11) is 0. The zero-order valence-electron chi connectivity index (χ0n) is 12.6. The van der Waals surface area contributed by atoms with E-state index in [1.807, 2.05) is 18.2 Å². The van der Waals surface area contributed by atoms with Crippen LogP contribution in [0.3, 0.4) is 0 Å². The third-order valence-corrected chi connectivity index (χ3v) is 3.70. The predicted molar refractivity (Wildman–Crippen MR) is 90.2 cm³/mol. The lowest BCUT2D eigenvalue weighted by molar-refractivity contribution is 0.149. The van der Waals surface area contributed by atoms with E-state index in [9.17, 15) is 4.79 Å². The molecule has 1 atom stereocenters. The van der Waals surface area contributed by atoms with Crippen LogP contribution < -0.4 is 5.32 Å². The summed E-state index contributed by atoms with van der Waals surface area (Å²) in [6, 6.07) is 18.4. The summed E-state index contributed by atoms with van der Waals surface area (Å²) in [5, 5.41) is 2.77. The number of ether oxygens (including phenoxy) is 1. The second-order valence-electron chi connectivity index (χ2n) is 4.98. The van der Waals surface area contributed by atoms with Gasteiger partial charge in [0.1, 0.15) is 0 Å². The average molecular weight is 318 g/mol. The van der Waals surface area contributed by atoms with Crippen molar-refractivity contribution >= 4 is 17.7 Å². The Bertz CT molecular complexity index is 584. The molecule has 2 rings (SSSR count). The Hall–Kier alpha value is -2.00. The number of rotatable bonds is 6. The van der Waals surface area contributed by atoms with E-state index in [1.165, 1.54) is 11.1 Å². The van der Waals surface area contributed by atoms with Gasteiger partial charge >= 0.3 is 6.09 Å². The van der Waals surface area contributed by atoms with Gasteiger partial charge in [0.05, 0.1) is 6.61 Å². The van der Waals surface area contributed by atoms with E-state index in [0.717, 1.165) is 5.56 Å². The zero-order chi connectivity index (χ0) is 15.8. The number of alkyl carbamates (subject to hydrolysis) is 1. The molecule has 2 aromatic carbocycles. The minimum Gasteiger partial charge on any atom is -0.450 e. The van der Waals surface area contributed by atoms with Crippen LogP contribution in [0.2, 0.25) is 0 Å². The molecule has 1 amide bonds. The molecule has 4 heteroatoms. The molecule has 0 spiro atoms. The number of alkyl halides is 1. The highest BCUT2D eigenvalue weighted by atomic mass is 35.5. The standard InChI is InChI=1S/C18H20ClNO2/c1-2-22-18(21)20-17(13-19)12-14-8-10-16(11-9-14)15-6-4-3-5-7-15/h3-11,17H,2,12-13H2,1H3,(H,20,21)/t17-/m0/s1. The van der Waals surface area contributed by atoms with E-state index in [4.69, 9.17) is 16.3 Å². The number of carbonyl (C=O) groups is 1. The number of halogens is 1. The van der Waals surface area contributed by atoms with Crippen LogP contribution in [0.25, 0.3) is 11.1 Å². The van der Waals surface area contributed by atoms with Crippen molar-refractivity contribution in [3.05, 3.63) is 60.2 Å². The molecule has 0 aliphatic rings. The first-order valence-corrected chi connectivity index (χ1v) is 7.90. The highest BCUT2D eigenvalue weighted by Gasteiger charge is 2.12. The van der Waals surface area contributed by atoms with Crippen LogP contribution in [0, 0.1) is 0 Å². The normalized spacial score (nSPS) is 11.7. The van der Waals surface area contributed by atoms with Crippen molar-refractivity contribution in [1.29, 1.82) is 0 Å². The summed E-state index contributed by atoms with van der Waals surface area (Å²) >= 11 is 5.92. The van der Waals surface area contributed by atoms with Crippen molar-refractivity contribution in [2.45, 2.75) is 19.4 Å². The fourth-order valence-electron chi connectivity index (χ4n) is 2.23. The Balaban J connectivity index is 1.99. The van der Waals surface area contributed by atoms with Gasteiger partial charge in [0.15, 0.2) is 0 Å². The van der Waals surface area contributed by atoms with Crippen molar-refractivity contribution in [2.75, 3.05) is 12.5 Å². The van der Waals surface area contributed by atoms with E-state index in [-0.39, 0.29) is 6.04 Å². The van der Waals surface area contributed by atoms with Gasteiger partial charge in [-0.25, -0.2) is 4.79 Å². The molecule has 0 aliphatic carbocycles. The monoisotopic (exact) mass is 317 g/mol. The molecule has 0 bridgehead atoms. The molecule has 2 aromatic rings. The van der Waals surface area contributed by atoms with E-state index in [1.54, 1.807) is 6.92 Å². The topological polar surface area (TPSA) is 38.3 Å². The minimum absolute atomic E-state index is 0.136. The van der Waals surface area contributed by atoms with Crippen LogP contribution in [0.4, 0.5) is 4.79 Å². The van der Waals surface area contributed by atoms with Gasteiger partial charge in [-0.05, 0) is 30.0 Å². The summed E-state index contributed by atoms with van der Waals surface area (Å²) in [4.78, 5) is 11.4. The lowest BCUT2D eigenvalue weighted by atomic mass is 10.0. The molecule has 0 saturated carbocycles. The maximum Gasteiger partial charge on any atom is 0.407 e. The van der Waals surface area contributed by atoms with E-state index >= 15 is 0 Å². The van der Waals surface area contributed by atoms with Gasteiger partial charge in [0, 0.05) is 11.9 Å². The molecule has 1 N–H and O–H groups in total. The summed E-state index contributed by atoms with van der Waals surface area (Å²) < 4.78 is 4.88. The molecule has 116 valence electrons. The molecule has 0 heterocycles. The van der Waals surface area contributed by atoms with Gasteiger partial charge in [0.2, 0.25) is 0 Å². The predicted octanol–water partition coefficient (Wildman–Crippen LogP) is 4.25. The molecular formula is C18H20ClNO2. The number of hydrogen-bond acceptors (Lipinski definition) is 2. The first-order chi connectivity index (χ1) is 10.7. The van der Waals surface area contributed by atoms with Crippen molar-refractivity contribution in [3.8, 4) is 11.1 Å². The zero-order valence-corrected chi connectivity index (χ0v) is 13.3. The largest absolute Gasteiger partial charge is 0.450 e. The Morgan fingerprint density at radius 1 is 1.09 bits per heavy atom. The van der Waals surface area contributed by atoms with Crippen LogP contribution in [-0.4, -0.2) is 24.6 Å². The van der Waals surface area contributed by atoms with Crippen LogP contribution in [-0.2, 0) is 11.2 Å². The maximum atomic E-state index is 11.4. The quantitative estimate of drug-likeness (QED) is 0.809. The van der Waals surface area contributed by atoms with E-state index < -0.39 is 6.09 Å². The molecule has 0 fully saturated rings. The third-order valence-electron chi connectivity index (χ3n) is 3.33. The Morgan fingerprint density at radius 3 is 2.32 bits per heavy atom. The van der Waals surface area contributed by atoms with Crippen molar-refractivity contribution in [3.63, 3.8) is 0 Å².